The van der Waals surface area contributed by atoms with Crippen molar-refractivity contribution in [3.63, 3.8) is 0 Å². The number of amides is 3. The van der Waals surface area contributed by atoms with Crippen LogP contribution in [0, 0.1) is 5.92 Å². The second-order valence-electron chi connectivity index (χ2n) is 7.38. The zero-order valence-corrected chi connectivity index (χ0v) is 15.9. The lowest BCUT2D eigenvalue weighted by molar-refractivity contribution is -0.143. The number of alkyl carbamates (subject to hydrolysis) is 1. The number of rotatable bonds is 5. The lowest BCUT2D eigenvalue weighted by Gasteiger charge is -2.39. The van der Waals surface area contributed by atoms with Gasteiger partial charge in [-0.05, 0) is 52.0 Å². The SMILES string of the molecule is C=CC(=O)N1CCC(C(=O)N2CCCCC2COC(=O)NC(C)C)CC1. The van der Waals surface area contributed by atoms with Crippen molar-refractivity contribution < 1.29 is 19.1 Å². The van der Waals surface area contributed by atoms with Gasteiger partial charge in [0.15, 0.2) is 0 Å². The molecule has 0 bridgehead atoms. The normalized spacial score (nSPS) is 21.4. The van der Waals surface area contributed by atoms with E-state index in [9.17, 15) is 14.4 Å². The van der Waals surface area contributed by atoms with Crippen LogP contribution in [0.5, 0.6) is 0 Å². The summed E-state index contributed by atoms with van der Waals surface area (Å²) in [6.45, 7) is 9.39. The number of nitrogens with zero attached hydrogens (tertiary/aromatic N) is 2. The van der Waals surface area contributed by atoms with Crippen LogP contribution in [0.2, 0.25) is 0 Å². The first-order valence-electron chi connectivity index (χ1n) is 9.57. The molecule has 0 aromatic rings. The molecule has 0 aromatic heterocycles. The molecule has 2 rings (SSSR count). The first-order valence-corrected chi connectivity index (χ1v) is 9.57. The molecule has 1 unspecified atom stereocenters. The van der Waals surface area contributed by atoms with E-state index in [1.165, 1.54) is 6.08 Å². The van der Waals surface area contributed by atoms with E-state index in [1.54, 1.807) is 4.90 Å². The van der Waals surface area contributed by atoms with Gasteiger partial charge < -0.3 is 19.9 Å². The topological polar surface area (TPSA) is 79.0 Å². The predicted molar refractivity (Wildman–Crippen MR) is 98.5 cm³/mol. The number of piperidine rings is 2. The van der Waals surface area contributed by atoms with Gasteiger partial charge in [-0.3, -0.25) is 9.59 Å². The van der Waals surface area contributed by atoms with Gasteiger partial charge in [-0.15, -0.1) is 0 Å². The Balaban J connectivity index is 1.88. The molecule has 26 heavy (non-hydrogen) atoms. The van der Waals surface area contributed by atoms with Crippen molar-refractivity contribution in [1.82, 2.24) is 15.1 Å². The van der Waals surface area contributed by atoms with E-state index in [-0.39, 0.29) is 36.4 Å². The van der Waals surface area contributed by atoms with Gasteiger partial charge in [-0.2, -0.15) is 0 Å². The summed E-state index contributed by atoms with van der Waals surface area (Å²) < 4.78 is 5.32. The fourth-order valence-corrected chi connectivity index (χ4v) is 3.62. The Kier molecular flexibility index (Phi) is 7.48. The average molecular weight is 365 g/mol. The van der Waals surface area contributed by atoms with E-state index in [2.05, 4.69) is 11.9 Å². The molecule has 2 heterocycles. The molecule has 1 atom stereocenters. The maximum Gasteiger partial charge on any atom is 0.407 e. The molecule has 0 radical (unpaired) electrons. The number of hydrogen-bond acceptors (Lipinski definition) is 4. The number of carbonyl (C=O) groups excluding carboxylic acids is 3. The van der Waals surface area contributed by atoms with E-state index in [0.29, 0.717) is 32.5 Å². The van der Waals surface area contributed by atoms with Crippen molar-refractivity contribution in [2.24, 2.45) is 5.92 Å². The molecule has 2 saturated heterocycles. The predicted octanol–water partition coefficient (Wildman–Crippen LogP) is 1.93. The van der Waals surface area contributed by atoms with Gasteiger partial charge in [-0.1, -0.05) is 6.58 Å². The van der Waals surface area contributed by atoms with Crippen molar-refractivity contribution in [3.8, 4) is 0 Å². The van der Waals surface area contributed by atoms with Crippen LogP contribution in [-0.2, 0) is 14.3 Å². The van der Waals surface area contributed by atoms with E-state index < -0.39 is 6.09 Å². The maximum atomic E-state index is 13.0. The fourth-order valence-electron chi connectivity index (χ4n) is 3.62. The monoisotopic (exact) mass is 365 g/mol. The van der Waals surface area contributed by atoms with Gasteiger partial charge in [0.1, 0.15) is 6.61 Å². The molecule has 146 valence electrons. The summed E-state index contributed by atoms with van der Waals surface area (Å²) >= 11 is 0. The van der Waals surface area contributed by atoms with Crippen LogP contribution in [0.1, 0.15) is 46.0 Å². The molecule has 1 N–H and O–H groups in total. The Morgan fingerprint density at radius 3 is 2.46 bits per heavy atom. The van der Waals surface area contributed by atoms with Gasteiger partial charge in [0.25, 0.3) is 0 Å². The quantitative estimate of drug-likeness (QED) is 0.755. The number of likely N-dealkylation sites (tertiary alicyclic amines) is 2. The number of nitrogens with one attached hydrogen (secondary N) is 1. The summed E-state index contributed by atoms with van der Waals surface area (Å²) in [4.78, 5) is 40.0. The summed E-state index contributed by atoms with van der Waals surface area (Å²) in [5.74, 6) is -0.00135. The van der Waals surface area contributed by atoms with E-state index in [4.69, 9.17) is 4.74 Å². The molecule has 2 fully saturated rings. The van der Waals surface area contributed by atoms with E-state index in [1.807, 2.05) is 18.7 Å². The average Bonchev–Trinajstić information content (AvgIpc) is 2.65. The minimum absolute atomic E-state index is 0.0232. The Morgan fingerprint density at radius 1 is 1.15 bits per heavy atom. The lowest BCUT2D eigenvalue weighted by atomic mass is 9.92. The van der Waals surface area contributed by atoms with Gasteiger partial charge in [0.2, 0.25) is 11.8 Å². The Morgan fingerprint density at radius 2 is 1.85 bits per heavy atom. The number of hydrogen-bond donors (Lipinski definition) is 1. The number of carbonyl (C=O) groups is 3. The minimum Gasteiger partial charge on any atom is -0.447 e. The van der Waals surface area contributed by atoms with Crippen molar-refractivity contribution in [2.45, 2.75) is 58.0 Å². The summed E-state index contributed by atoms with van der Waals surface area (Å²) in [7, 11) is 0. The van der Waals surface area contributed by atoms with Crippen molar-refractivity contribution in [3.05, 3.63) is 12.7 Å². The molecule has 0 aromatic carbocycles. The summed E-state index contributed by atoms with van der Waals surface area (Å²) in [5, 5.41) is 2.70. The fraction of sp³-hybridized carbons (Fsp3) is 0.737. The smallest absolute Gasteiger partial charge is 0.407 e. The van der Waals surface area contributed by atoms with Crippen LogP contribution in [0.15, 0.2) is 12.7 Å². The zero-order chi connectivity index (χ0) is 19.1. The Labute approximate surface area is 155 Å². The highest BCUT2D eigenvalue weighted by Gasteiger charge is 2.34. The van der Waals surface area contributed by atoms with Gasteiger partial charge in [-0.25, -0.2) is 4.79 Å². The zero-order valence-electron chi connectivity index (χ0n) is 15.9. The van der Waals surface area contributed by atoms with Crippen LogP contribution in [0.25, 0.3) is 0 Å². The first-order chi connectivity index (χ1) is 12.4. The van der Waals surface area contributed by atoms with Crippen molar-refractivity contribution in [1.29, 1.82) is 0 Å². The Hall–Kier alpha value is -2.05. The second kappa shape index (κ2) is 9.59. The molecule has 0 saturated carbocycles. The van der Waals surface area contributed by atoms with Crippen molar-refractivity contribution in [2.75, 3.05) is 26.2 Å². The number of ether oxygens (including phenoxy) is 1. The molecule has 2 aliphatic rings. The van der Waals surface area contributed by atoms with Gasteiger partial charge in [0, 0.05) is 31.6 Å². The van der Waals surface area contributed by atoms with Crippen LogP contribution in [-0.4, -0.2) is 66.0 Å². The molecule has 0 aliphatic carbocycles. The standard InChI is InChI=1S/C19H31N3O4/c1-4-17(23)21-11-8-15(9-12-21)18(24)22-10-6-5-7-16(22)13-26-19(25)20-14(2)3/h4,14-16H,1,5-13H2,2-3H3,(H,20,25). The molecular formula is C19H31N3O4. The summed E-state index contributed by atoms with van der Waals surface area (Å²) in [6, 6.07) is -0.0305. The lowest BCUT2D eigenvalue weighted by Crippen LogP contribution is -2.51. The van der Waals surface area contributed by atoms with Gasteiger partial charge >= 0.3 is 6.09 Å². The van der Waals surface area contributed by atoms with E-state index >= 15 is 0 Å². The Bertz CT molecular complexity index is 527. The van der Waals surface area contributed by atoms with Crippen LogP contribution < -0.4 is 5.32 Å². The van der Waals surface area contributed by atoms with Crippen LogP contribution in [0.3, 0.4) is 0 Å². The first kappa shape index (κ1) is 20.3. The highest BCUT2D eigenvalue weighted by Crippen LogP contribution is 2.25. The minimum atomic E-state index is -0.436. The maximum absolute atomic E-state index is 13.0. The molecule has 2 aliphatic heterocycles. The summed E-state index contributed by atoms with van der Waals surface area (Å²) in [6.07, 6.45) is 5.11. The largest absolute Gasteiger partial charge is 0.447 e. The molecule has 3 amide bonds. The van der Waals surface area contributed by atoms with Crippen molar-refractivity contribution >= 4 is 17.9 Å². The molecule has 0 spiro atoms. The van der Waals surface area contributed by atoms with Crippen LogP contribution in [0.4, 0.5) is 4.79 Å². The third kappa shape index (κ3) is 5.47. The third-order valence-electron chi connectivity index (χ3n) is 5.05. The van der Waals surface area contributed by atoms with Crippen LogP contribution >= 0.6 is 0 Å². The van der Waals surface area contributed by atoms with E-state index in [0.717, 1.165) is 19.3 Å². The molecular weight excluding hydrogens is 334 g/mol. The third-order valence-corrected chi connectivity index (χ3v) is 5.05. The second-order valence-corrected chi connectivity index (χ2v) is 7.38. The van der Waals surface area contributed by atoms with Gasteiger partial charge in [0.05, 0.1) is 6.04 Å². The summed E-state index contributed by atoms with van der Waals surface area (Å²) in [5.41, 5.74) is 0. The molecule has 7 heteroatoms. The molecule has 7 nitrogen and oxygen atoms in total. The highest BCUT2D eigenvalue weighted by molar-refractivity contribution is 5.87. The highest BCUT2D eigenvalue weighted by atomic mass is 16.5.